The molecule has 1 nitrogen and oxygen atoms in total. The maximum Gasteiger partial charge on any atom is 0.0858 e. The van der Waals surface area contributed by atoms with Crippen LogP contribution in [0.3, 0.4) is 0 Å². The molecule has 11 heavy (non-hydrogen) atoms. The minimum absolute atomic E-state index is 0.745. The molecule has 0 bridgehead atoms. The van der Waals surface area contributed by atoms with Crippen molar-refractivity contribution in [1.29, 1.82) is 0 Å². The second-order valence-corrected chi connectivity index (χ2v) is 4.01. The van der Waals surface area contributed by atoms with E-state index < -0.39 is 0 Å². The summed E-state index contributed by atoms with van der Waals surface area (Å²) in [6.07, 6.45) is 1.28. The molecule has 68 valence electrons. The Balaban J connectivity index is 4.32. The Kier molecular flexibility index (Phi) is 4.09. The normalized spacial score (nSPS) is 19.9. The lowest BCUT2D eigenvalue weighted by Crippen LogP contribution is -2.55. The molecule has 2 unspecified atom stereocenters. The van der Waals surface area contributed by atoms with Crippen LogP contribution < -0.4 is 0 Å². The fourth-order valence-corrected chi connectivity index (χ4v) is 1.60. The Bertz CT molecular complexity index is 109. The molecule has 0 N–H and O–H groups in total. The molecule has 0 saturated heterocycles. The van der Waals surface area contributed by atoms with Crippen molar-refractivity contribution in [3.05, 3.63) is 0 Å². The molecule has 0 radical (unpaired) electrons. The molecular weight excluding hydrogens is 134 g/mol. The van der Waals surface area contributed by atoms with Crippen LogP contribution in [0.15, 0.2) is 0 Å². The zero-order valence-electron chi connectivity index (χ0n) is 9.02. The average molecular weight is 158 g/mol. The van der Waals surface area contributed by atoms with Gasteiger partial charge >= 0.3 is 0 Å². The number of hydrogen-bond acceptors (Lipinski definition) is 0. The monoisotopic (exact) mass is 158 g/mol. The van der Waals surface area contributed by atoms with Gasteiger partial charge < -0.3 is 4.48 Å². The Hall–Kier alpha value is -0.0400. The van der Waals surface area contributed by atoms with Gasteiger partial charge in [-0.05, 0) is 34.1 Å². The predicted molar refractivity (Wildman–Crippen MR) is 51.6 cm³/mol. The van der Waals surface area contributed by atoms with E-state index in [1.54, 1.807) is 0 Å². The highest BCUT2D eigenvalue weighted by Crippen LogP contribution is 2.17. The third-order valence-corrected chi connectivity index (χ3v) is 3.46. The quantitative estimate of drug-likeness (QED) is 0.552. The number of nitrogens with zero attached hydrogens (tertiary/aromatic N) is 1. The van der Waals surface area contributed by atoms with Crippen LogP contribution in [0.25, 0.3) is 0 Å². The van der Waals surface area contributed by atoms with E-state index in [4.69, 9.17) is 0 Å². The molecule has 0 aromatic rings. The van der Waals surface area contributed by atoms with Gasteiger partial charge in [-0.1, -0.05) is 6.92 Å². The van der Waals surface area contributed by atoms with Crippen LogP contribution in [0.1, 0.15) is 41.0 Å². The van der Waals surface area contributed by atoms with Crippen LogP contribution in [-0.2, 0) is 0 Å². The average Bonchev–Trinajstić information content (AvgIpc) is 2.01. The lowest BCUT2D eigenvalue weighted by molar-refractivity contribution is -0.949. The van der Waals surface area contributed by atoms with Crippen LogP contribution >= 0.6 is 0 Å². The van der Waals surface area contributed by atoms with Crippen molar-refractivity contribution in [2.45, 2.75) is 53.1 Å². The Morgan fingerprint density at radius 1 is 1.09 bits per heavy atom. The van der Waals surface area contributed by atoms with Crippen molar-refractivity contribution in [3.8, 4) is 0 Å². The third-order valence-electron chi connectivity index (χ3n) is 3.46. The van der Waals surface area contributed by atoms with Crippen LogP contribution in [0.4, 0.5) is 0 Å². The summed E-state index contributed by atoms with van der Waals surface area (Å²) in [6, 6.07) is 1.54. The van der Waals surface area contributed by atoms with Gasteiger partial charge in [-0.3, -0.25) is 0 Å². The summed E-state index contributed by atoms with van der Waals surface area (Å²) < 4.78 is 1.20. The van der Waals surface area contributed by atoms with Crippen molar-refractivity contribution in [2.75, 3.05) is 13.6 Å². The van der Waals surface area contributed by atoms with Crippen molar-refractivity contribution < 1.29 is 4.48 Å². The van der Waals surface area contributed by atoms with Gasteiger partial charge in [0.15, 0.2) is 0 Å². The minimum Gasteiger partial charge on any atom is -0.322 e. The fourth-order valence-electron chi connectivity index (χ4n) is 1.60. The molecular formula is C10H24N+. The van der Waals surface area contributed by atoms with Gasteiger partial charge in [0.1, 0.15) is 0 Å². The molecule has 0 rings (SSSR count). The summed E-state index contributed by atoms with van der Waals surface area (Å²) in [4.78, 5) is 0. The molecule has 0 aliphatic carbocycles. The van der Waals surface area contributed by atoms with Gasteiger partial charge in [0.25, 0.3) is 0 Å². The Labute approximate surface area is 72.0 Å². The van der Waals surface area contributed by atoms with Gasteiger partial charge in [-0.25, -0.2) is 0 Å². The van der Waals surface area contributed by atoms with Crippen LogP contribution in [0.2, 0.25) is 0 Å². The van der Waals surface area contributed by atoms with E-state index in [2.05, 4.69) is 41.7 Å². The highest BCUT2D eigenvalue weighted by atomic mass is 15.4. The van der Waals surface area contributed by atoms with E-state index >= 15 is 0 Å². The molecule has 2 atom stereocenters. The predicted octanol–water partition coefficient (Wildman–Crippen LogP) is 2.66. The standard InChI is InChI=1S/C10H24N/c1-7-10(5)11(6,8-2)9(3)4/h9-10H,7-8H2,1-6H3/q+1. The maximum atomic E-state index is 2.36. The number of rotatable bonds is 4. The molecule has 0 aromatic heterocycles. The third kappa shape index (κ3) is 2.19. The topological polar surface area (TPSA) is 0 Å². The van der Waals surface area contributed by atoms with Gasteiger partial charge in [0, 0.05) is 0 Å². The van der Waals surface area contributed by atoms with Crippen molar-refractivity contribution in [3.63, 3.8) is 0 Å². The van der Waals surface area contributed by atoms with Crippen molar-refractivity contribution in [1.82, 2.24) is 0 Å². The zero-order chi connectivity index (χ0) is 9.07. The Morgan fingerprint density at radius 3 is 1.64 bits per heavy atom. The molecule has 0 saturated carbocycles. The first-order valence-corrected chi connectivity index (χ1v) is 4.83. The highest BCUT2D eigenvalue weighted by molar-refractivity contribution is 4.52. The van der Waals surface area contributed by atoms with E-state index in [-0.39, 0.29) is 0 Å². The van der Waals surface area contributed by atoms with Crippen LogP contribution in [0, 0.1) is 0 Å². The molecule has 0 fully saturated rings. The molecule has 0 heterocycles. The summed E-state index contributed by atoms with van der Waals surface area (Å²) in [5.74, 6) is 0. The van der Waals surface area contributed by atoms with E-state index in [1.807, 2.05) is 0 Å². The van der Waals surface area contributed by atoms with E-state index in [9.17, 15) is 0 Å². The summed E-state index contributed by atoms with van der Waals surface area (Å²) in [6.45, 7) is 12.8. The van der Waals surface area contributed by atoms with E-state index in [1.165, 1.54) is 17.4 Å². The summed E-state index contributed by atoms with van der Waals surface area (Å²) >= 11 is 0. The molecule has 0 spiro atoms. The van der Waals surface area contributed by atoms with Gasteiger partial charge in [-0.2, -0.15) is 0 Å². The van der Waals surface area contributed by atoms with E-state index in [0.29, 0.717) is 0 Å². The van der Waals surface area contributed by atoms with Crippen molar-refractivity contribution >= 4 is 0 Å². The molecule has 0 aliphatic rings. The number of hydrogen-bond donors (Lipinski definition) is 0. The highest BCUT2D eigenvalue weighted by Gasteiger charge is 2.28. The van der Waals surface area contributed by atoms with E-state index in [0.717, 1.165) is 12.1 Å². The first-order chi connectivity index (χ1) is 4.99. The van der Waals surface area contributed by atoms with Crippen LogP contribution in [0.5, 0.6) is 0 Å². The lowest BCUT2D eigenvalue weighted by Gasteiger charge is -2.42. The SMILES string of the molecule is CCC(C)[N+](C)(CC)C(C)C. The lowest BCUT2D eigenvalue weighted by atomic mass is 10.1. The Morgan fingerprint density at radius 2 is 1.55 bits per heavy atom. The first-order valence-electron chi connectivity index (χ1n) is 4.83. The van der Waals surface area contributed by atoms with Gasteiger partial charge in [0.05, 0.1) is 25.7 Å². The first kappa shape index (κ1) is 11.0. The zero-order valence-corrected chi connectivity index (χ0v) is 9.02. The summed E-state index contributed by atoms with van der Waals surface area (Å²) in [5.41, 5.74) is 0. The summed E-state index contributed by atoms with van der Waals surface area (Å²) in [7, 11) is 2.36. The largest absolute Gasteiger partial charge is 0.322 e. The molecule has 0 aromatic carbocycles. The molecule has 0 aliphatic heterocycles. The van der Waals surface area contributed by atoms with Gasteiger partial charge in [-0.15, -0.1) is 0 Å². The van der Waals surface area contributed by atoms with Crippen LogP contribution in [-0.4, -0.2) is 30.2 Å². The second-order valence-electron chi connectivity index (χ2n) is 4.01. The molecule has 1 heteroatoms. The fraction of sp³-hybridized carbons (Fsp3) is 1.00. The maximum absolute atomic E-state index is 2.36. The molecule has 0 amide bonds. The summed E-state index contributed by atoms with van der Waals surface area (Å²) in [5, 5.41) is 0. The second kappa shape index (κ2) is 4.10. The number of quaternary nitrogens is 1. The minimum atomic E-state index is 0.745. The van der Waals surface area contributed by atoms with Gasteiger partial charge in [0.2, 0.25) is 0 Å². The smallest absolute Gasteiger partial charge is 0.0858 e. The van der Waals surface area contributed by atoms with Crippen molar-refractivity contribution in [2.24, 2.45) is 0 Å².